The monoisotopic (exact) mass is 407 g/mol. The topological polar surface area (TPSA) is 54.5 Å². The zero-order valence-electron chi connectivity index (χ0n) is 16.2. The zero-order chi connectivity index (χ0) is 19.9. The Hall–Kier alpha value is -2.70. The number of ether oxygens (including phenoxy) is 1. The number of nitrogens with one attached hydrogen (secondary N) is 1. The van der Waals surface area contributed by atoms with E-state index in [9.17, 15) is 4.79 Å². The lowest BCUT2D eigenvalue weighted by molar-refractivity contribution is 0.0722. The fourth-order valence-corrected chi connectivity index (χ4v) is 4.43. The molecule has 29 heavy (non-hydrogen) atoms. The third kappa shape index (κ3) is 5.22. The largest absolute Gasteiger partial charge is 0.490 e. The van der Waals surface area contributed by atoms with E-state index in [1.165, 1.54) is 4.88 Å². The normalized spacial score (nSPS) is 16.3. The van der Waals surface area contributed by atoms with Gasteiger partial charge < -0.3 is 10.1 Å². The first-order valence-corrected chi connectivity index (χ1v) is 10.8. The van der Waals surface area contributed by atoms with Crippen LogP contribution >= 0.6 is 11.3 Å². The number of thiazole rings is 1. The number of carbonyl (C=O) groups excluding carboxylic acids is 1. The van der Waals surface area contributed by atoms with E-state index >= 15 is 0 Å². The van der Waals surface area contributed by atoms with E-state index in [0.717, 1.165) is 31.7 Å². The Morgan fingerprint density at radius 3 is 2.45 bits per heavy atom. The first kappa shape index (κ1) is 19.6. The second kappa shape index (κ2) is 9.67. The zero-order valence-corrected chi connectivity index (χ0v) is 17.1. The number of benzene rings is 2. The highest BCUT2D eigenvalue weighted by Gasteiger charge is 2.28. The Bertz CT molecular complexity index is 879. The highest BCUT2D eigenvalue weighted by Crippen LogP contribution is 2.28. The van der Waals surface area contributed by atoms with Gasteiger partial charge in [-0.25, -0.2) is 0 Å². The molecule has 3 aromatic rings. The number of hydrogen-bond donors (Lipinski definition) is 1. The van der Waals surface area contributed by atoms with Crippen LogP contribution in [0.3, 0.4) is 0 Å². The van der Waals surface area contributed by atoms with E-state index in [4.69, 9.17) is 4.74 Å². The van der Waals surface area contributed by atoms with Crippen molar-refractivity contribution in [1.29, 1.82) is 0 Å². The minimum absolute atomic E-state index is 0.0394. The van der Waals surface area contributed by atoms with Crippen LogP contribution in [0.25, 0.3) is 0 Å². The van der Waals surface area contributed by atoms with Crippen LogP contribution in [0, 0.1) is 0 Å². The molecule has 1 aliphatic heterocycles. The lowest BCUT2D eigenvalue weighted by Gasteiger charge is -2.37. The van der Waals surface area contributed by atoms with Gasteiger partial charge in [-0.1, -0.05) is 36.4 Å². The fourth-order valence-electron chi connectivity index (χ4n) is 3.68. The summed E-state index contributed by atoms with van der Waals surface area (Å²) in [5.74, 6) is 0.891. The average molecular weight is 408 g/mol. The predicted octanol–water partition coefficient (Wildman–Crippen LogP) is 4.16. The summed E-state index contributed by atoms with van der Waals surface area (Å²) in [6, 6.07) is 19.5. The lowest BCUT2D eigenvalue weighted by Crippen LogP contribution is -2.44. The molecule has 0 saturated carbocycles. The van der Waals surface area contributed by atoms with E-state index in [0.29, 0.717) is 12.1 Å². The van der Waals surface area contributed by atoms with Crippen molar-refractivity contribution in [2.24, 2.45) is 0 Å². The maximum Gasteiger partial charge on any atom is 0.251 e. The number of rotatable bonds is 7. The van der Waals surface area contributed by atoms with Gasteiger partial charge in [-0.2, -0.15) is 0 Å². The second-order valence-electron chi connectivity index (χ2n) is 7.16. The smallest absolute Gasteiger partial charge is 0.251 e. The van der Waals surface area contributed by atoms with E-state index < -0.39 is 0 Å². The molecule has 1 saturated heterocycles. The van der Waals surface area contributed by atoms with Gasteiger partial charge in [-0.15, -0.1) is 11.3 Å². The van der Waals surface area contributed by atoms with Crippen molar-refractivity contribution in [3.05, 3.63) is 82.8 Å². The molecule has 4 rings (SSSR count). The van der Waals surface area contributed by atoms with Gasteiger partial charge in [-0.05, 0) is 37.1 Å². The summed E-state index contributed by atoms with van der Waals surface area (Å²) in [5, 5.41) is 3.10. The summed E-state index contributed by atoms with van der Waals surface area (Å²) in [6.07, 6.45) is 4.08. The summed E-state index contributed by atoms with van der Waals surface area (Å²) in [6.45, 7) is 2.43. The molecular weight excluding hydrogens is 382 g/mol. The molecule has 1 atom stereocenters. The summed E-state index contributed by atoms with van der Waals surface area (Å²) in [4.78, 5) is 20.4. The van der Waals surface area contributed by atoms with Crippen LogP contribution in [0.5, 0.6) is 5.75 Å². The van der Waals surface area contributed by atoms with Crippen molar-refractivity contribution in [3.63, 3.8) is 0 Å². The Morgan fingerprint density at radius 1 is 1.10 bits per heavy atom. The van der Waals surface area contributed by atoms with Crippen molar-refractivity contribution < 1.29 is 9.53 Å². The third-order valence-corrected chi connectivity index (χ3v) is 6.11. The van der Waals surface area contributed by atoms with Crippen molar-refractivity contribution >= 4 is 17.2 Å². The number of likely N-dealkylation sites (tertiary alicyclic amines) is 1. The summed E-state index contributed by atoms with van der Waals surface area (Å²) in [5.41, 5.74) is 2.54. The maximum atomic E-state index is 12.5. The van der Waals surface area contributed by atoms with Gasteiger partial charge in [0.2, 0.25) is 0 Å². The molecule has 1 N–H and O–H groups in total. The van der Waals surface area contributed by atoms with Crippen LogP contribution in [0.15, 0.2) is 72.4 Å². The van der Waals surface area contributed by atoms with Crippen molar-refractivity contribution in [2.45, 2.75) is 25.0 Å². The van der Waals surface area contributed by atoms with Crippen molar-refractivity contribution in [3.8, 4) is 5.75 Å². The molecule has 1 fully saturated rings. The first-order valence-electron chi connectivity index (χ1n) is 9.97. The predicted molar refractivity (Wildman–Crippen MR) is 115 cm³/mol. The van der Waals surface area contributed by atoms with Crippen LogP contribution in [0.1, 0.15) is 34.1 Å². The molecule has 0 spiro atoms. The van der Waals surface area contributed by atoms with E-state index in [2.05, 4.69) is 15.2 Å². The molecule has 6 heteroatoms. The Labute approximate surface area is 175 Å². The fraction of sp³-hybridized carbons (Fsp3) is 0.304. The molecule has 150 valence electrons. The van der Waals surface area contributed by atoms with Crippen LogP contribution in [0.4, 0.5) is 0 Å². The number of nitrogens with zero attached hydrogens (tertiary/aromatic N) is 2. The van der Waals surface area contributed by atoms with E-state index in [1.807, 2.05) is 72.4 Å². The minimum Gasteiger partial charge on any atom is -0.490 e. The molecule has 1 aromatic heterocycles. The Kier molecular flexibility index (Phi) is 6.54. The summed E-state index contributed by atoms with van der Waals surface area (Å²) in [7, 11) is 0. The van der Waals surface area contributed by atoms with Crippen LogP contribution in [-0.2, 0) is 0 Å². The molecule has 1 amide bonds. The molecule has 0 aliphatic carbocycles. The number of piperidine rings is 1. The van der Waals surface area contributed by atoms with Gasteiger partial charge in [0.05, 0.1) is 11.6 Å². The molecular formula is C23H25N3O2S. The van der Waals surface area contributed by atoms with Crippen LogP contribution in [-0.4, -0.2) is 41.5 Å². The van der Waals surface area contributed by atoms with E-state index in [1.54, 1.807) is 11.3 Å². The average Bonchev–Trinajstić information content (AvgIpc) is 3.31. The van der Waals surface area contributed by atoms with Gasteiger partial charge in [-0.3, -0.25) is 14.7 Å². The van der Waals surface area contributed by atoms with Gasteiger partial charge in [0.25, 0.3) is 5.91 Å². The molecule has 5 nitrogen and oxygen atoms in total. The maximum absolute atomic E-state index is 12.5. The lowest BCUT2D eigenvalue weighted by atomic mass is 10.0. The third-order valence-electron chi connectivity index (χ3n) is 5.24. The number of hydrogen-bond acceptors (Lipinski definition) is 5. The Morgan fingerprint density at radius 2 is 1.79 bits per heavy atom. The SMILES string of the molecule is O=C(NCC(c1cncs1)N1CCC(Oc2ccccc2)CC1)c1ccccc1. The second-order valence-corrected chi connectivity index (χ2v) is 8.08. The molecule has 0 radical (unpaired) electrons. The van der Waals surface area contributed by atoms with Gasteiger partial charge in [0, 0.05) is 36.3 Å². The molecule has 1 aliphatic rings. The molecule has 1 unspecified atom stereocenters. The number of amides is 1. The van der Waals surface area contributed by atoms with Crippen molar-refractivity contribution in [1.82, 2.24) is 15.2 Å². The Balaban J connectivity index is 1.36. The molecule has 0 bridgehead atoms. The highest BCUT2D eigenvalue weighted by molar-refractivity contribution is 7.09. The molecule has 2 heterocycles. The number of para-hydroxylation sites is 1. The van der Waals surface area contributed by atoms with E-state index in [-0.39, 0.29) is 18.1 Å². The van der Waals surface area contributed by atoms with Gasteiger partial charge >= 0.3 is 0 Å². The molecule has 2 aromatic carbocycles. The first-order chi connectivity index (χ1) is 14.3. The van der Waals surface area contributed by atoms with Crippen molar-refractivity contribution in [2.75, 3.05) is 19.6 Å². The highest BCUT2D eigenvalue weighted by atomic mass is 32.1. The van der Waals surface area contributed by atoms with Gasteiger partial charge in [0.15, 0.2) is 0 Å². The quantitative estimate of drug-likeness (QED) is 0.639. The summed E-state index contributed by atoms with van der Waals surface area (Å²) < 4.78 is 6.12. The summed E-state index contributed by atoms with van der Waals surface area (Å²) >= 11 is 1.64. The van der Waals surface area contributed by atoms with Crippen LogP contribution in [0.2, 0.25) is 0 Å². The van der Waals surface area contributed by atoms with Crippen LogP contribution < -0.4 is 10.1 Å². The number of carbonyl (C=O) groups is 1. The standard InChI is InChI=1S/C23H25N3O2S/c27-23(18-7-3-1-4-8-18)25-15-21(22-16-24-17-29-22)26-13-11-20(12-14-26)28-19-9-5-2-6-10-19/h1-10,16-17,20-21H,11-15H2,(H,25,27). The number of aromatic nitrogens is 1. The van der Waals surface area contributed by atoms with Gasteiger partial charge in [0.1, 0.15) is 11.9 Å². The minimum atomic E-state index is -0.0394.